The molecule has 0 aliphatic carbocycles. The molecule has 8 nitrogen and oxygen atoms in total. The normalized spacial score (nSPS) is 23.4. The first-order valence-electron chi connectivity index (χ1n) is 8.90. The third-order valence-corrected chi connectivity index (χ3v) is 6.47. The van der Waals surface area contributed by atoms with Crippen molar-refractivity contribution in [2.24, 2.45) is 5.92 Å². The molecule has 1 N–H and O–H groups in total. The van der Waals surface area contributed by atoms with Crippen LogP contribution in [0.5, 0.6) is 0 Å². The second-order valence-electron chi connectivity index (χ2n) is 7.23. The van der Waals surface area contributed by atoms with E-state index >= 15 is 0 Å². The van der Waals surface area contributed by atoms with Gasteiger partial charge in [-0.2, -0.15) is 4.31 Å². The van der Waals surface area contributed by atoms with Gasteiger partial charge in [0, 0.05) is 45.0 Å². The summed E-state index contributed by atoms with van der Waals surface area (Å²) in [5.41, 5.74) is 0. The fourth-order valence-corrected chi connectivity index (χ4v) is 4.98. The molecule has 140 valence electrons. The lowest BCUT2D eigenvalue weighted by atomic mass is 10.1. The van der Waals surface area contributed by atoms with Crippen molar-refractivity contribution in [2.75, 3.05) is 32.7 Å². The molecule has 0 aromatic carbocycles. The molecule has 1 unspecified atom stereocenters. The Morgan fingerprint density at radius 2 is 2.16 bits per heavy atom. The third-order valence-electron chi connectivity index (χ3n) is 4.72. The van der Waals surface area contributed by atoms with E-state index in [1.54, 1.807) is 12.5 Å². The molecule has 0 bridgehead atoms. The van der Waals surface area contributed by atoms with Crippen LogP contribution in [0, 0.1) is 5.92 Å². The number of rotatable bonds is 5. The van der Waals surface area contributed by atoms with Crippen LogP contribution in [0.2, 0.25) is 0 Å². The molecule has 0 saturated carbocycles. The van der Waals surface area contributed by atoms with Gasteiger partial charge in [0.1, 0.15) is 0 Å². The second kappa shape index (κ2) is 7.43. The third kappa shape index (κ3) is 4.04. The Balaban J connectivity index is 1.73. The van der Waals surface area contributed by atoms with Gasteiger partial charge in [0.2, 0.25) is 5.91 Å². The number of hydrogen-bond donors (Lipinski definition) is 1. The SMILES string of the molecule is CC(C)Cn1cnc(S(=O)(=O)N2CCCC(N3CCNCC3=O)C2)c1. The van der Waals surface area contributed by atoms with Gasteiger partial charge in [0.25, 0.3) is 10.0 Å². The molecule has 2 aliphatic heterocycles. The molecule has 3 heterocycles. The van der Waals surface area contributed by atoms with E-state index in [1.807, 2.05) is 9.47 Å². The maximum absolute atomic E-state index is 12.9. The number of piperazine rings is 1. The number of nitrogens with zero attached hydrogens (tertiary/aromatic N) is 4. The van der Waals surface area contributed by atoms with Gasteiger partial charge >= 0.3 is 0 Å². The summed E-state index contributed by atoms with van der Waals surface area (Å²) in [5, 5.41) is 3.15. The lowest BCUT2D eigenvalue weighted by Gasteiger charge is -2.40. The molecule has 2 fully saturated rings. The molecule has 2 aliphatic rings. The van der Waals surface area contributed by atoms with Crippen LogP contribution in [-0.4, -0.2) is 71.8 Å². The van der Waals surface area contributed by atoms with E-state index in [4.69, 9.17) is 0 Å². The standard InChI is InChI=1S/C16H27N5O3S/c1-13(2)9-19-11-15(18-12-19)25(23,24)20-6-3-4-14(10-20)21-7-5-17-8-16(21)22/h11-14,17H,3-10H2,1-2H3. The maximum Gasteiger partial charge on any atom is 0.262 e. The summed E-state index contributed by atoms with van der Waals surface area (Å²) in [6, 6.07) is -0.0455. The largest absolute Gasteiger partial charge is 0.336 e. The molecular weight excluding hydrogens is 342 g/mol. The summed E-state index contributed by atoms with van der Waals surface area (Å²) < 4.78 is 29.2. The Hall–Kier alpha value is -1.45. The zero-order chi connectivity index (χ0) is 18.0. The first-order chi connectivity index (χ1) is 11.9. The van der Waals surface area contributed by atoms with Crippen molar-refractivity contribution in [3.8, 4) is 0 Å². The highest BCUT2D eigenvalue weighted by atomic mass is 32.2. The van der Waals surface area contributed by atoms with E-state index in [0.717, 1.165) is 25.9 Å². The minimum atomic E-state index is -3.62. The predicted molar refractivity (Wildman–Crippen MR) is 93.4 cm³/mol. The van der Waals surface area contributed by atoms with Crippen LogP contribution in [0.3, 0.4) is 0 Å². The summed E-state index contributed by atoms with van der Waals surface area (Å²) in [7, 11) is -3.62. The van der Waals surface area contributed by atoms with Gasteiger partial charge in [-0.15, -0.1) is 0 Å². The fraction of sp³-hybridized carbons (Fsp3) is 0.750. The minimum Gasteiger partial charge on any atom is -0.336 e. The van der Waals surface area contributed by atoms with Crippen molar-refractivity contribution < 1.29 is 13.2 Å². The minimum absolute atomic E-state index is 0.0455. The topological polar surface area (TPSA) is 87.5 Å². The lowest BCUT2D eigenvalue weighted by Crippen LogP contribution is -2.57. The van der Waals surface area contributed by atoms with Crippen molar-refractivity contribution in [1.82, 2.24) is 24.1 Å². The second-order valence-corrected chi connectivity index (χ2v) is 9.11. The van der Waals surface area contributed by atoms with Crippen molar-refractivity contribution in [3.05, 3.63) is 12.5 Å². The molecule has 0 radical (unpaired) electrons. The monoisotopic (exact) mass is 369 g/mol. The van der Waals surface area contributed by atoms with Crippen molar-refractivity contribution >= 4 is 15.9 Å². The highest BCUT2D eigenvalue weighted by Gasteiger charge is 2.36. The molecule has 1 amide bonds. The van der Waals surface area contributed by atoms with Gasteiger partial charge in [-0.1, -0.05) is 13.8 Å². The maximum atomic E-state index is 12.9. The van der Waals surface area contributed by atoms with Crippen LogP contribution < -0.4 is 5.32 Å². The summed E-state index contributed by atoms with van der Waals surface area (Å²) in [5.74, 6) is 0.472. The average molecular weight is 369 g/mol. The van der Waals surface area contributed by atoms with Gasteiger partial charge in [-0.3, -0.25) is 4.79 Å². The predicted octanol–water partition coefficient (Wildman–Crippen LogP) is 0.124. The van der Waals surface area contributed by atoms with Gasteiger partial charge in [-0.25, -0.2) is 13.4 Å². The van der Waals surface area contributed by atoms with E-state index in [2.05, 4.69) is 24.1 Å². The van der Waals surface area contributed by atoms with Crippen LogP contribution in [-0.2, 0) is 21.4 Å². The van der Waals surface area contributed by atoms with Crippen molar-refractivity contribution in [2.45, 2.75) is 44.3 Å². The molecule has 3 rings (SSSR count). The molecule has 1 atom stereocenters. The average Bonchev–Trinajstić information content (AvgIpc) is 3.04. The van der Waals surface area contributed by atoms with Crippen LogP contribution in [0.25, 0.3) is 0 Å². The number of piperidine rings is 1. The first kappa shape index (κ1) is 18.3. The fourth-order valence-electron chi connectivity index (χ4n) is 3.53. The number of hydrogen-bond acceptors (Lipinski definition) is 5. The number of nitrogens with one attached hydrogen (secondary N) is 1. The molecule has 25 heavy (non-hydrogen) atoms. The highest BCUT2D eigenvalue weighted by molar-refractivity contribution is 7.89. The number of carbonyl (C=O) groups excluding carboxylic acids is 1. The van der Waals surface area contributed by atoms with Gasteiger partial charge in [0.15, 0.2) is 5.03 Å². The Morgan fingerprint density at radius 1 is 1.36 bits per heavy atom. The van der Waals surface area contributed by atoms with Crippen LogP contribution >= 0.6 is 0 Å². The molecule has 9 heteroatoms. The quantitative estimate of drug-likeness (QED) is 0.797. The van der Waals surface area contributed by atoms with E-state index in [0.29, 0.717) is 32.1 Å². The van der Waals surface area contributed by atoms with E-state index in [1.165, 1.54) is 4.31 Å². The molecule has 1 aromatic rings. The zero-order valence-electron chi connectivity index (χ0n) is 14.9. The van der Waals surface area contributed by atoms with Crippen LogP contribution in [0.4, 0.5) is 0 Å². The lowest BCUT2D eigenvalue weighted by molar-refractivity contribution is -0.135. The smallest absolute Gasteiger partial charge is 0.262 e. The van der Waals surface area contributed by atoms with Crippen molar-refractivity contribution in [1.29, 1.82) is 0 Å². The number of imidazole rings is 1. The Labute approximate surface area is 149 Å². The van der Waals surface area contributed by atoms with Crippen LogP contribution in [0.1, 0.15) is 26.7 Å². The number of carbonyl (C=O) groups is 1. The summed E-state index contributed by atoms with van der Waals surface area (Å²) >= 11 is 0. The number of amides is 1. The highest BCUT2D eigenvalue weighted by Crippen LogP contribution is 2.23. The van der Waals surface area contributed by atoms with E-state index in [9.17, 15) is 13.2 Å². The Bertz CT molecular complexity index is 715. The molecule has 0 spiro atoms. The van der Waals surface area contributed by atoms with Crippen LogP contribution in [0.15, 0.2) is 17.6 Å². The zero-order valence-corrected chi connectivity index (χ0v) is 15.7. The Kier molecular flexibility index (Phi) is 5.45. The number of sulfonamides is 1. The number of aromatic nitrogens is 2. The van der Waals surface area contributed by atoms with Gasteiger partial charge < -0.3 is 14.8 Å². The van der Waals surface area contributed by atoms with E-state index < -0.39 is 10.0 Å². The Morgan fingerprint density at radius 3 is 2.88 bits per heavy atom. The first-order valence-corrected chi connectivity index (χ1v) is 10.3. The van der Waals surface area contributed by atoms with E-state index in [-0.39, 0.29) is 17.0 Å². The summed E-state index contributed by atoms with van der Waals surface area (Å²) in [6.07, 6.45) is 4.79. The van der Waals surface area contributed by atoms with Crippen molar-refractivity contribution in [3.63, 3.8) is 0 Å². The van der Waals surface area contributed by atoms with Gasteiger partial charge in [-0.05, 0) is 18.8 Å². The molecule has 2 saturated heterocycles. The summed E-state index contributed by atoms with van der Waals surface area (Å²) in [6.45, 7) is 7.46. The summed E-state index contributed by atoms with van der Waals surface area (Å²) in [4.78, 5) is 18.0. The molecular formula is C16H27N5O3S. The molecule has 1 aromatic heterocycles. The van der Waals surface area contributed by atoms with Gasteiger partial charge in [0.05, 0.1) is 12.9 Å².